The van der Waals surface area contributed by atoms with E-state index in [9.17, 15) is 8.42 Å². The van der Waals surface area contributed by atoms with E-state index in [0.717, 1.165) is 24.2 Å². The number of sulfonamides is 1. The van der Waals surface area contributed by atoms with Crippen LogP contribution in [-0.2, 0) is 10.0 Å². The molecule has 1 aromatic carbocycles. The molecule has 2 unspecified atom stereocenters. The third-order valence-electron chi connectivity index (χ3n) is 3.84. The molecule has 22 heavy (non-hydrogen) atoms. The highest BCUT2D eigenvalue weighted by Crippen LogP contribution is 2.31. The van der Waals surface area contributed by atoms with Crippen molar-refractivity contribution >= 4 is 45.8 Å². The Morgan fingerprint density at radius 3 is 2.64 bits per heavy atom. The maximum absolute atomic E-state index is 12.9. The lowest BCUT2D eigenvalue weighted by Crippen LogP contribution is -2.51. The predicted molar refractivity (Wildman–Crippen MR) is 95.7 cm³/mol. The highest BCUT2D eigenvalue weighted by atomic mass is 35.5. The van der Waals surface area contributed by atoms with Crippen LogP contribution in [-0.4, -0.2) is 37.6 Å². The van der Waals surface area contributed by atoms with Crippen molar-refractivity contribution in [2.24, 2.45) is 5.73 Å². The first-order chi connectivity index (χ1) is 9.87. The summed E-state index contributed by atoms with van der Waals surface area (Å²) >= 11 is 7.64. The molecule has 0 amide bonds. The highest BCUT2D eigenvalue weighted by molar-refractivity contribution is 7.98. The molecule has 4 nitrogen and oxygen atoms in total. The number of hydrogen-bond donors (Lipinski definition) is 1. The van der Waals surface area contributed by atoms with Gasteiger partial charge in [0.15, 0.2) is 0 Å². The molecule has 1 aliphatic heterocycles. The summed E-state index contributed by atoms with van der Waals surface area (Å²) in [6, 6.07) is 4.60. The van der Waals surface area contributed by atoms with Crippen molar-refractivity contribution in [3.8, 4) is 0 Å². The molecule has 1 aromatic rings. The van der Waals surface area contributed by atoms with Crippen molar-refractivity contribution in [2.45, 2.75) is 48.1 Å². The average molecular weight is 385 g/mol. The van der Waals surface area contributed by atoms with Crippen LogP contribution in [0.15, 0.2) is 28.0 Å². The van der Waals surface area contributed by atoms with Gasteiger partial charge in [-0.2, -0.15) is 4.31 Å². The number of piperidine rings is 1. The molecule has 0 spiro atoms. The first kappa shape index (κ1) is 20.1. The number of nitrogens with zero attached hydrogens (tertiary/aromatic N) is 1. The number of rotatable bonds is 4. The maximum atomic E-state index is 12.9. The summed E-state index contributed by atoms with van der Waals surface area (Å²) in [6.45, 7) is 2.39. The van der Waals surface area contributed by atoms with Crippen molar-refractivity contribution in [1.82, 2.24) is 4.31 Å². The Hall–Kier alpha value is 0.0200. The number of nitrogens with two attached hydrogens (primary N) is 1. The summed E-state index contributed by atoms with van der Waals surface area (Å²) in [4.78, 5) is 1.12. The fourth-order valence-corrected chi connectivity index (χ4v) is 5.43. The van der Waals surface area contributed by atoms with E-state index in [4.69, 9.17) is 17.3 Å². The van der Waals surface area contributed by atoms with Gasteiger partial charge < -0.3 is 5.73 Å². The van der Waals surface area contributed by atoms with E-state index in [-0.39, 0.29) is 29.4 Å². The van der Waals surface area contributed by atoms with Gasteiger partial charge in [0.2, 0.25) is 10.0 Å². The summed E-state index contributed by atoms with van der Waals surface area (Å²) in [7, 11) is -3.54. The molecule has 1 aliphatic rings. The Bertz CT molecular complexity index is 609. The minimum atomic E-state index is -3.54. The Kier molecular flexibility index (Phi) is 7.49. The molecule has 0 aromatic heterocycles. The summed E-state index contributed by atoms with van der Waals surface area (Å²) in [5.74, 6) is 0. The average Bonchev–Trinajstić information content (AvgIpc) is 2.47. The van der Waals surface area contributed by atoms with Crippen LogP contribution in [0, 0.1) is 0 Å². The van der Waals surface area contributed by atoms with Crippen molar-refractivity contribution < 1.29 is 8.42 Å². The predicted octanol–water partition coefficient (Wildman–Crippen LogP) is 3.37. The Labute approximate surface area is 148 Å². The van der Waals surface area contributed by atoms with Crippen LogP contribution < -0.4 is 5.73 Å². The van der Waals surface area contributed by atoms with Gasteiger partial charge in [-0.05, 0) is 44.2 Å². The van der Waals surface area contributed by atoms with Gasteiger partial charge in [-0.1, -0.05) is 18.0 Å². The van der Waals surface area contributed by atoms with E-state index >= 15 is 0 Å². The first-order valence-electron chi connectivity index (χ1n) is 6.99. The minimum absolute atomic E-state index is 0. The molecule has 8 heteroatoms. The van der Waals surface area contributed by atoms with Gasteiger partial charge >= 0.3 is 0 Å². The standard InChI is InChI=1S/C14H21ClN2O2S2.ClH/c1-10(16)13-5-3-4-8-17(13)21(18,19)11-6-7-14(20-2)12(15)9-11;/h6-7,9-10,13H,3-5,8,16H2,1-2H3;1H. The van der Waals surface area contributed by atoms with Gasteiger partial charge in [-0.25, -0.2) is 8.42 Å². The molecule has 2 rings (SSSR count). The number of halogens is 2. The van der Waals surface area contributed by atoms with Crippen LogP contribution in [0.25, 0.3) is 0 Å². The summed E-state index contributed by atoms with van der Waals surface area (Å²) in [6.07, 6.45) is 4.61. The fraction of sp³-hybridized carbons (Fsp3) is 0.571. The van der Waals surface area contributed by atoms with Crippen LogP contribution in [0.4, 0.5) is 0 Å². The van der Waals surface area contributed by atoms with Crippen LogP contribution >= 0.6 is 35.8 Å². The molecule has 1 heterocycles. The lowest BCUT2D eigenvalue weighted by molar-refractivity contribution is 0.227. The van der Waals surface area contributed by atoms with E-state index in [2.05, 4.69) is 0 Å². The molecular formula is C14H22Cl2N2O2S2. The molecule has 0 saturated carbocycles. The second kappa shape index (κ2) is 8.22. The summed E-state index contributed by atoms with van der Waals surface area (Å²) < 4.78 is 27.3. The van der Waals surface area contributed by atoms with E-state index in [1.165, 1.54) is 17.8 Å². The van der Waals surface area contributed by atoms with E-state index < -0.39 is 10.0 Å². The molecule has 2 N–H and O–H groups in total. The lowest BCUT2D eigenvalue weighted by Gasteiger charge is -2.36. The number of benzene rings is 1. The highest BCUT2D eigenvalue weighted by Gasteiger charge is 2.35. The van der Waals surface area contributed by atoms with Crippen LogP contribution in [0.2, 0.25) is 5.02 Å². The fourth-order valence-electron chi connectivity index (χ4n) is 2.70. The molecule has 126 valence electrons. The van der Waals surface area contributed by atoms with E-state index in [0.29, 0.717) is 11.6 Å². The van der Waals surface area contributed by atoms with Gasteiger partial charge in [0.05, 0.1) is 9.92 Å². The van der Waals surface area contributed by atoms with Crippen molar-refractivity contribution in [1.29, 1.82) is 0 Å². The lowest BCUT2D eigenvalue weighted by atomic mass is 10.00. The molecule has 0 aliphatic carbocycles. The molecule has 0 radical (unpaired) electrons. The normalized spacial score (nSPS) is 21.2. The number of hydrogen-bond acceptors (Lipinski definition) is 4. The number of thioether (sulfide) groups is 1. The Morgan fingerprint density at radius 2 is 2.09 bits per heavy atom. The molecule has 0 bridgehead atoms. The second-order valence-electron chi connectivity index (χ2n) is 5.33. The van der Waals surface area contributed by atoms with Crippen molar-refractivity contribution in [3.05, 3.63) is 23.2 Å². The van der Waals surface area contributed by atoms with Gasteiger partial charge in [0.1, 0.15) is 0 Å². The Morgan fingerprint density at radius 1 is 1.41 bits per heavy atom. The zero-order valence-corrected chi connectivity index (χ0v) is 15.9. The maximum Gasteiger partial charge on any atom is 0.243 e. The Balaban J connectivity index is 0.00000242. The van der Waals surface area contributed by atoms with Crippen LogP contribution in [0.1, 0.15) is 26.2 Å². The third-order valence-corrected chi connectivity index (χ3v) is 6.98. The topological polar surface area (TPSA) is 63.4 Å². The zero-order chi connectivity index (χ0) is 15.6. The van der Waals surface area contributed by atoms with Crippen molar-refractivity contribution in [2.75, 3.05) is 12.8 Å². The molecular weight excluding hydrogens is 363 g/mol. The van der Waals surface area contributed by atoms with Gasteiger partial charge in [0, 0.05) is 23.5 Å². The van der Waals surface area contributed by atoms with Crippen LogP contribution in [0.3, 0.4) is 0 Å². The molecule has 1 saturated heterocycles. The van der Waals surface area contributed by atoms with E-state index in [1.54, 1.807) is 16.4 Å². The van der Waals surface area contributed by atoms with Gasteiger partial charge in [-0.15, -0.1) is 24.2 Å². The smallest absolute Gasteiger partial charge is 0.243 e. The van der Waals surface area contributed by atoms with Crippen molar-refractivity contribution in [3.63, 3.8) is 0 Å². The summed E-state index contributed by atoms with van der Waals surface area (Å²) in [5, 5.41) is 0.470. The SMILES string of the molecule is CSc1ccc(S(=O)(=O)N2CCCCC2C(C)N)cc1Cl.Cl. The third kappa shape index (κ3) is 4.10. The summed E-state index contributed by atoms with van der Waals surface area (Å²) in [5.41, 5.74) is 5.97. The van der Waals surface area contributed by atoms with Gasteiger partial charge in [-0.3, -0.25) is 0 Å². The molecule has 2 atom stereocenters. The second-order valence-corrected chi connectivity index (χ2v) is 8.48. The molecule has 1 fully saturated rings. The monoisotopic (exact) mass is 384 g/mol. The zero-order valence-electron chi connectivity index (χ0n) is 12.7. The largest absolute Gasteiger partial charge is 0.326 e. The first-order valence-corrected chi connectivity index (χ1v) is 10.0. The van der Waals surface area contributed by atoms with Gasteiger partial charge in [0.25, 0.3) is 0 Å². The quantitative estimate of drug-likeness (QED) is 0.808. The minimum Gasteiger partial charge on any atom is -0.326 e. The van der Waals surface area contributed by atoms with Crippen LogP contribution in [0.5, 0.6) is 0 Å². The van der Waals surface area contributed by atoms with E-state index in [1.807, 2.05) is 13.2 Å².